The number of pyridine rings is 1. The van der Waals surface area contributed by atoms with E-state index < -0.39 is 29.1 Å². The van der Waals surface area contributed by atoms with Crippen LogP contribution in [0.25, 0.3) is 10.9 Å². The van der Waals surface area contributed by atoms with Crippen LogP contribution in [0.1, 0.15) is 32.0 Å². The number of fused-ring (bicyclic) bond motifs is 1. The number of nitrogens with zero attached hydrogens (tertiary/aromatic N) is 1. The van der Waals surface area contributed by atoms with Crippen LogP contribution in [0.5, 0.6) is 0 Å². The molecule has 1 aromatic heterocycles. The molecule has 0 amide bonds. The molecule has 0 bridgehead atoms. The number of esters is 2. The largest absolute Gasteiger partial charge is 0.465 e. The molecule has 0 aliphatic heterocycles. The van der Waals surface area contributed by atoms with E-state index in [-0.39, 0.29) is 17.9 Å². The van der Waals surface area contributed by atoms with Gasteiger partial charge in [-0.05, 0) is 30.7 Å². The number of carbonyl (C=O) groups excluding carboxylic acids is 2. The third-order valence-electron chi connectivity index (χ3n) is 4.11. The van der Waals surface area contributed by atoms with Crippen molar-refractivity contribution in [3.8, 4) is 0 Å². The Hall–Kier alpha value is -3.35. The van der Waals surface area contributed by atoms with E-state index in [9.17, 15) is 18.4 Å². The van der Waals surface area contributed by atoms with Crippen molar-refractivity contribution in [1.29, 1.82) is 0 Å². The quantitative estimate of drug-likeness (QED) is 0.650. The van der Waals surface area contributed by atoms with Gasteiger partial charge in [-0.1, -0.05) is 18.2 Å². The lowest BCUT2D eigenvalue weighted by atomic mass is 10.0. The van der Waals surface area contributed by atoms with Gasteiger partial charge in [0.25, 0.3) is 0 Å². The SMILES string of the molecule is COC(=O)c1c(COC(=O)c2ccc(F)cc2F)nc2ccccc2c1C. The highest BCUT2D eigenvalue weighted by atomic mass is 19.1. The lowest BCUT2D eigenvalue weighted by Crippen LogP contribution is -2.14. The molecule has 0 fully saturated rings. The fourth-order valence-corrected chi connectivity index (χ4v) is 2.78. The minimum absolute atomic E-state index is 0.184. The van der Waals surface area contributed by atoms with Gasteiger partial charge in [0.15, 0.2) is 0 Å². The van der Waals surface area contributed by atoms with Crippen molar-refractivity contribution in [3.05, 3.63) is 76.5 Å². The number of methoxy groups -OCH3 is 1. The molecule has 0 spiro atoms. The second-order valence-electron chi connectivity index (χ2n) is 5.77. The number of ether oxygens (including phenoxy) is 2. The molecule has 0 atom stereocenters. The molecule has 0 N–H and O–H groups in total. The van der Waals surface area contributed by atoms with Crippen molar-refractivity contribution < 1.29 is 27.8 Å². The highest BCUT2D eigenvalue weighted by Gasteiger charge is 2.21. The van der Waals surface area contributed by atoms with E-state index in [1.807, 2.05) is 12.1 Å². The van der Waals surface area contributed by atoms with Gasteiger partial charge >= 0.3 is 11.9 Å². The summed E-state index contributed by atoms with van der Waals surface area (Å²) in [5.41, 5.74) is 1.21. The molecular weight excluding hydrogens is 356 g/mol. The Morgan fingerprint density at radius 3 is 2.52 bits per heavy atom. The highest BCUT2D eigenvalue weighted by molar-refractivity contribution is 5.98. The van der Waals surface area contributed by atoms with Crippen LogP contribution in [0.15, 0.2) is 42.5 Å². The number of hydrogen-bond acceptors (Lipinski definition) is 5. The molecule has 0 aliphatic carbocycles. The topological polar surface area (TPSA) is 65.5 Å². The summed E-state index contributed by atoms with van der Waals surface area (Å²) in [5, 5.41) is 0.762. The summed E-state index contributed by atoms with van der Waals surface area (Å²) in [4.78, 5) is 28.7. The van der Waals surface area contributed by atoms with E-state index in [0.717, 1.165) is 17.5 Å². The van der Waals surface area contributed by atoms with Gasteiger partial charge in [-0.3, -0.25) is 0 Å². The molecule has 3 rings (SSSR count). The average molecular weight is 371 g/mol. The minimum Gasteiger partial charge on any atom is -0.465 e. The Bertz CT molecular complexity index is 1050. The number of benzene rings is 2. The number of aryl methyl sites for hydroxylation is 1. The summed E-state index contributed by atoms with van der Waals surface area (Å²) < 4.78 is 36.6. The lowest BCUT2D eigenvalue weighted by molar-refractivity contribution is 0.0450. The van der Waals surface area contributed by atoms with Crippen LogP contribution in [0.3, 0.4) is 0 Å². The summed E-state index contributed by atoms with van der Waals surface area (Å²) in [6, 6.07) is 9.72. The fraction of sp³-hybridized carbons (Fsp3) is 0.150. The van der Waals surface area contributed by atoms with E-state index in [1.54, 1.807) is 19.1 Å². The maximum Gasteiger partial charge on any atom is 0.341 e. The molecule has 0 saturated heterocycles. The normalized spacial score (nSPS) is 10.7. The number of para-hydroxylation sites is 1. The van der Waals surface area contributed by atoms with Gasteiger partial charge in [0, 0.05) is 11.5 Å². The predicted molar refractivity (Wildman–Crippen MR) is 93.3 cm³/mol. The van der Waals surface area contributed by atoms with Gasteiger partial charge in [0.2, 0.25) is 0 Å². The maximum absolute atomic E-state index is 13.7. The van der Waals surface area contributed by atoms with E-state index in [0.29, 0.717) is 17.1 Å². The smallest absolute Gasteiger partial charge is 0.341 e. The Morgan fingerprint density at radius 2 is 1.81 bits per heavy atom. The van der Waals surface area contributed by atoms with E-state index in [2.05, 4.69) is 4.98 Å². The van der Waals surface area contributed by atoms with Crippen LogP contribution >= 0.6 is 0 Å². The zero-order valence-corrected chi connectivity index (χ0v) is 14.6. The molecule has 7 heteroatoms. The first-order valence-corrected chi connectivity index (χ1v) is 8.01. The van der Waals surface area contributed by atoms with Crippen molar-refractivity contribution in [2.45, 2.75) is 13.5 Å². The Morgan fingerprint density at radius 1 is 1.07 bits per heavy atom. The first-order chi connectivity index (χ1) is 12.9. The van der Waals surface area contributed by atoms with Crippen LogP contribution in [0.2, 0.25) is 0 Å². The third-order valence-corrected chi connectivity index (χ3v) is 4.11. The van der Waals surface area contributed by atoms with Crippen molar-refractivity contribution in [2.24, 2.45) is 0 Å². The first kappa shape index (κ1) is 18.4. The average Bonchev–Trinajstić information content (AvgIpc) is 2.65. The van der Waals surface area contributed by atoms with Gasteiger partial charge in [-0.2, -0.15) is 0 Å². The second kappa shape index (κ2) is 7.49. The number of aromatic nitrogens is 1. The highest BCUT2D eigenvalue weighted by Crippen LogP contribution is 2.24. The predicted octanol–water partition coefficient (Wildman–Crippen LogP) is 3.97. The Kier molecular flexibility index (Phi) is 5.12. The van der Waals surface area contributed by atoms with Gasteiger partial charge in [-0.25, -0.2) is 23.4 Å². The minimum atomic E-state index is -1.03. The number of halogens is 2. The number of rotatable bonds is 4. The summed E-state index contributed by atoms with van der Waals surface area (Å²) in [5.74, 6) is -3.44. The number of carbonyl (C=O) groups is 2. The summed E-state index contributed by atoms with van der Waals surface area (Å²) in [6.45, 7) is 1.37. The summed E-state index contributed by atoms with van der Waals surface area (Å²) >= 11 is 0. The summed E-state index contributed by atoms with van der Waals surface area (Å²) in [6.07, 6.45) is 0. The van der Waals surface area contributed by atoms with Crippen LogP contribution < -0.4 is 0 Å². The van der Waals surface area contributed by atoms with E-state index in [4.69, 9.17) is 9.47 Å². The molecule has 138 valence electrons. The van der Waals surface area contributed by atoms with Crippen molar-refractivity contribution in [1.82, 2.24) is 4.98 Å². The van der Waals surface area contributed by atoms with Gasteiger partial charge in [0.1, 0.15) is 18.2 Å². The maximum atomic E-state index is 13.7. The molecule has 27 heavy (non-hydrogen) atoms. The fourth-order valence-electron chi connectivity index (χ4n) is 2.78. The first-order valence-electron chi connectivity index (χ1n) is 8.01. The molecule has 0 radical (unpaired) electrons. The monoisotopic (exact) mass is 371 g/mol. The zero-order chi connectivity index (χ0) is 19.6. The van der Waals surface area contributed by atoms with Crippen LogP contribution in [0.4, 0.5) is 8.78 Å². The van der Waals surface area contributed by atoms with E-state index >= 15 is 0 Å². The molecule has 0 unspecified atom stereocenters. The van der Waals surface area contributed by atoms with Crippen molar-refractivity contribution >= 4 is 22.8 Å². The molecule has 5 nitrogen and oxygen atoms in total. The lowest BCUT2D eigenvalue weighted by Gasteiger charge is -2.13. The van der Waals surface area contributed by atoms with Crippen molar-refractivity contribution in [2.75, 3.05) is 7.11 Å². The Balaban J connectivity index is 1.96. The second-order valence-corrected chi connectivity index (χ2v) is 5.77. The summed E-state index contributed by atoms with van der Waals surface area (Å²) in [7, 11) is 1.24. The molecule has 3 aromatic rings. The third kappa shape index (κ3) is 3.62. The van der Waals surface area contributed by atoms with Crippen molar-refractivity contribution in [3.63, 3.8) is 0 Å². The standard InChI is InChI=1S/C20H15F2NO4/c1-11-13-5-3-4-6-16(13)23-17(18(11)20(25)26-2)10-27-19(24)14-8-7-12(21)9-15(14)22/h3-9H,10H2,1-2H3. The van der Waals surface area contributed by atoms with Crippen LogP contribution in [-0.4, -0.2) is 24.0 Å². The molecule has 1 heterocycles. The van der Waals surface area contributed by atoms with E-state index in [1.165, 1.54) is 7.11 Å². The van der Waals surface area contributed by atoms with Gasteiger partial charge in [-0.15, -0.1) is 0 Å². The molecule has 0 saturated carbocycles. The zero-order valence-electron chi connectivity index (χ0n) is 14.6. The number of hydrogen-bond donors (Lipinski definition) is 0. The van der Waals surface area contributed by atoms with Crippen LogP contribution in [-0.2, 0) is 16.1 Å². The van der Waals surface area contributed by atoms with Gasteiger partial charge < -0.3 is 9.47 Å². The molecular formula is C20H15F2NO4. The Labute approximate surface area is 153 Å². The van der Waals surface area contributed by atoms with Gasteiger partial charge in [0.05, 0.1) is 29.4 Å². The molecule has 2 aromatic carbocycles. The van der Waals surface area contributed by atoms with Crippen LogP contribution in [0, 0.1) is 18.6 Å². The molecule has 0 aliphatic rings.